The Bertz CT molecular complexity index is 1200. The summed E-state index contributed by atoms with van der Waals surface area (Å²) in [5.41, 5.74) is 2.01. The number of rotatable bonds is 7. The minimum Gasteiger partial charge on any atom is -0.378 e. The predicted molar refractivity (Wildman–Crippen MR) is 145 cm³/mol. The third kappa shape index (κ3) is 6.55. The van der Waals surface area contributed by atoms with Gasteiger partial charge in [0, 0.05) is 43.3 Å². The fourth-order valence-electron chi connectivity index (χ4n) is 4.97. The quantitative estimate of drug-likeness (QED) is 0.544. The van der Waals surface area contributed by atoms with E-state index in [-0.39, 0.29) is 23.8 Å². The Kier molecular flexibility index (Phi) is 8.82. The van der Waals surface area contributed by atoms with Gasteiger partial charge in [-0.3, -0.25) is 29.2 Å². The molecule has 0 radical (unpaired) electrons. The van der Waals surface area contributed by atoms with E-state index in [1.165, 1.54) is 9.80 Å². The number of likely N-dealkylation sites (tertiary alicyclic amines) is 1. The summed E-state index contributed by atoms with van der Waals surface area (Å²) in [5.74, 6) is -1.06. The molecule has 39 heavy (non-hydrogen) atoms. The Morgan fingerprint density at radius 2 is 1.87 bits per heavy atom. The lowest BCUT2D eigenvalue weighted by atomic mass is 9.87. The van der Waals surface area contributed by atoms with Crippen LogP contribution in [0.1, 0.15) is 50.8 Å². The highest BCUT2D eigenvalue weighted by Crippen LogP contribution is 2.33. The van der Waals surface area contributed by atoms with E-state index in [1.54, 1.807) is 29.4 Å². The number of benzene rings is 1. The van der Waals surface area contributed by atoms with Crippen LogP contribution in [0, 0.1) is 11.5 Å². The van der Waals surface area contributed by atoms with Crippen molar-refractivity contribution in [1.29, 1.82) is 5.26 Å². The molecule has 2 saturated heterocycles. The maximum absolute atomic E-state index is 14.1. The van der Waals surface area contributed by atoms with Gasteiger partial charge in [-0.05, 0) is 42.0 Å². The molecule has 3 heterocycles. The largest absolute Gasteiger partial charge is 0.378 e. The number of hydrogen-bond donors (Lipinski definition) is 1. The molecule has 0 spiro atoms. The van der Waals surface area contributed by atoms with Crippen molar-refractivity contribution in [2.45, 2.75) is 51.1 Å². The molecule has 2 aliphatic rings. The molecule has 2 unspecified atom stereocenters. The number of nitriles is 1. The number of aromatic nitrogens is 1. The second kappa shape index (κ2) is 12.3. The molecule has 1 aromatic carbocycles. The molecule has 0 aliphatic carbocycles. The van der Waals surface area contributed by atoms with Gasteiger partial charge in [0.2, 0.25) is 11.8 Å². The lowest BCUT2D eigenvalue weighted by Gasteiger charge is -2.35. The number of carbonyl (C=O) groups is 3. The molecular weight excluding hydrogens is 496 g/mol. The van der Waals surface area contributed by atoms with E-state index in [0.717, 1.165) is 5.56 Å². The second-order valence-corrected chi connectivity index (χ2v) is 10.9. The summed E-state index contributed by atoms with van der Waals surface area (Å²) in [7, 11) is 0. The Balaban J connectivity index is 1.70. The zero-order chi connectivity index (χ0) is 28.0. The molecular formula is C29H36N6O4. The van der Waals surface area contributed by atoms with Crippen LogP contribution in [0.15, 0.2) is 48.8 Å². The van der Waals surface area contributed by atoms with Crippen molar-refractivity contribution in [2.24, 2.45) is 0 Å². The highest BCUT2D eigenvalue weighted by atomic mass is 16.5. The van der Waals surface area contributed by atoms with Gasteiger partial charge in [-0.25, -0.2) is 0 Å². The first-order valence-corrected chi connectivity index (χ1v) is 13.3. The van der Waals surface area contributed by atoms with Crippen molar-refractivity contribution >= 4 is 23.4 Å². The Labute approximate surface area is 229 Å². The van der Waals surface area contributed by atoms with E-state index in [2.05, 4.69) is 37.3 Å². The molecule has 1 N–H and O–H groups in total. The summed E-state index contributed by atoms with van der Waals surface area (Å²) in [6, 6.07) is 9.24. The van der Waals surface area contributed by atoms with Gasteiger partial charge in [0.1, 0.15) is 12.1 Å². The summed E-state index contributed by atoms with van der Waals surface area (Å²) in [6.45, 7) is 8.45. The van der Waals surface area contributed by atoms with Crippen LogP contribution in [0.25, 0.3) is 0 Å². The van der Waals surface area contributed by atoms with Gasteiger partial charge >= 0.3 is 0 Å². The standard InChI is InChI=1S/C29H36N6O4/c1-29(2,3)22-8-10-23(11-9-22)35(28(38)24-7-5-13-34(24)20-30)26(21-6-4-12-31-18-21)27(37)32-19-25(36)33-14-16-39-17-15-33/h4,6,8-12,18,24,26H,5,7,13-17,19H2,1-3H3,(H,32,37). The van der Waals surface area contributed by atoms with Crippen LogP contribution in [-0.2, 0) is 24.5 Å². The van der Waals surface area contributed by atoms with Crippen molar-refractivity contribution in [3.05, 3.63) is 59.9 Å². The zero-order valence-electron chi connectivity index (χ0n) is 22.8. The molecule has 10 nitrogen and oxygen atoms in total. The number of anilines is 1. The summed E-state index contributed by atoms with van der Waals surface area (Å²) in [4.78, 5) is 49.5. The number of nitrogens with zero attached hydrogens (tertiary/aromatic N) is 5. The van der Waals surface area contributed by atoms with Gasteiger partial charge in [0.25, 0.3) is 5.91 Å². The maximum atomic E-state index is 14.1. The van der Waals surface area contributed by atoms with Gasteiger partial charge in [0.15, 0.2) is 6.19 Å². The average molecular weight is 533 g/mol. The average Bonchev–Trinajstić information content (AvgIpc) is 3.44. The molecule has 4 rings (SSSR count). The first-order valence-electron chi connectivity index (χ1n) is 13.3. The fourth-order valence-corrected chi connectivity index (χ4v) is 4.97. The Hall–Kier alpha value is -3.97. The van der Waals surface area contributed by atoms with E-state index < -0.39 is 18.0 Å². The summed E-state index contributed by atoms with van der Waals surface area (Å²) in [6.07, 6.45) is 6.49. The number of pyridine rings is 1. The van der Waals surface area contributed by atoms with Crippen LogP contribution in [-0.4, -0.2) is 77.9 Å². The van der Waals surface area contributed by atoms with Crippen LogP contribution < -0.4 is 10.2 Å². The number of morpholine rings is 1. The summed E-state index contributed by atoms with van der Waals surface area (Å²) >= 11 is 0. The van der Waals surface area contributed by atoms with E-state index in [1.807, 2.05) is 24.3 Å². The van der Waals surface area contributed by atoms with Crippen LogP contribution in [0.4, 0.5) is 5.69 Å². The minimum atomic E-state index is -1.09. The monoisotopic (exact) mass is 532 g/mol. The SMILES string of the molecule is CC(C)(C)c1ccc(N(C(=O)C2CCCN2C#N)C(C(=O)NCC(=O)N2CCOCC2)c2cccnc2)cc1. The van der Waals surface area contributed by atoms with Gasteiger partial charge in [-0.2, -0.15) is 5.26 Å². The smallest absolute Gasteiger partial charge is 0.251 e. The fraction of sp³-hybridized carbons (Fsp3) is 0.483. The number of carbonyl (C=O) groups excluding carboxylic acids is 3. The molecule has 2 aromatic rings. The Morgan fingerprint density at radius 3 is 2.49 bits per heavy atom. The summed E-state index contributed by atoms with van der Waals surface area (Å²) < 4.78 is 5.32. The lowest BCUT2D eigenvalue weighted by Crippen LogP contribution is -2.52. The van der Waals surface area contributed by atoms with Gasteiger partial charge in [-0.15, -0.1) is 0 Å². The molecule has 2 atom stereocenters. The van der Waals surface area contributed by atoms with Crippen LogP contribution in [0.2, 0.25) is 0 Å². The highest BCUT2D eigenvalue weighted by Gasteiger charge is 2.40. The van der Waals surface area contributed by atoms with Gasteiger partial charge < -0.3 is 15.0 Å². The van der Waals surface area contributed by atoms with Crippen molar-refractivity contribution in [3.8, 4) is 6.19 Å². The number of nitrogens with one attached hydrogen (secondary N) is 1. The van der Waals surface area contributed by atoms with Crippen LogP contribution in [0.5, 0.6) is 0 Å². The first kappa shape index (κ1) is 28.0. The van der Waals surface area contributed by atoms with Gasteiger partial charge in [0.05, 0.1) is 19.8 Å². The van der Waals surface area contributed by atoms with E-state index in [9.17, 15) is 19.6 Å². The molecule has 206 valence electrons. The predicted octanol–water partition coefficient (Wildman–Crippen LogP) is 2.37. The Morgan fingerprint density at radius 1 is 1.15 bits per heavy atom. The number of amides is 3. The molecule has 2 aliphatic heterocycles. The van der Waals surface area contributed by atoms with Crippen LogP contribution in [0.3, 0.4) is 0 Å². The van der Waals surface area contributed by atoms with E-state index >= 15 is 0 Å². The normalized spacial score (nSPS) is 18.3. The minimum absolute atomic E-state index is 0.101. The molecule has 0 bridgehead atoms. The van der Waals surface area contributed by atoms with Crippen LogP contribution >= 0.6 is 0 Å². The molecule has 2 fully saturated rings. The van der Waals surface area contributed by atoms with Gasteiger partial charge in [-0.1, -0.05) is 39.0 Å². The zero-order valence-corrected chi connectivity index (χ0v) is 22.8. The molecule has 1 aromatic heterocycles. The third-order valence-corrected chi connectivity index (χ3v) is 7.20. The van der Waals surface area contributed by atoms with E-state index in [4.69, 9.17) is 4.74 Å². The molecule has 10 heteroatoms. The third-order valence-electron chi connectivity index (χ3n) is 7.20. The molecule has 0 saturated carbocycles. The number of hydrogen-bond acceptors (Lipinski definition) is 7. The van der Waals surface area contributed by atoms with Crippen molar-refractivity contribution in [1.82, 2.24) is 20.1 Å². The molecule has 3 amide bonds. The van der Waals surface area contributed by atoms with Crippen molar-refractivity contribution < 1.29 is 19.1 Å². The lowest BCUT2D eigenvalue weighted by molar-refractivity contribution is -0.136. The maximum Gasteiger partial charge on any atom is 0.251 e. The first-order chi connectivity index (χ1) is 18.7. The second-order valence-electron chi connectivity index (χ2n) is 10.9. The number of ether oxygens (including phenoxy) is 1. The van der Waals surface area contributed by atoms with Crippen molar-refractivity contribution in [2.75, 3.05) is 44.3 Å². The topological polar surface area (TPSA) is 119 Å². The van der Waals surface area contributed by atoms with E-state index in [0.29, 0.717) is 56.9 Å². The van der Waals surface area contributed by atoms with Crippen molar-refractivity contribution in [3.63, 3.8) is 0 Å². The summed E-state index contributed by atoms with van der Waals surface area (Å²) in [5, 5.41) is 12.4. The highest BCUT2D eigenvalue weighted by molar-refractivity contribution is 6.04.